The Morgan fingerprint density at radius 3 is 0.982 bits per heavy atom. The van der Waals surface area contributed by atoms with Gasteiger partial charge in [-0.1, -0.05) is 109 Å². The number of benzene rings is 7. The normalized spacial score (nSPS) is 11.5. The fraction of sp³-hybridized carbons (Fsp3) is 0.120. The van der Waals surface area contributed by atoms with E-state index in [2.05, 4.69) is 131 Å². The maximum Gasteiger partial charge on any atom is 0.161 e. The number of rotatable bonds is 12. The van der Waals surface area contributed by atoms with Crippen LogP contribution in [0, 0.1) is 0 Å². The van der Waals surface area contributed by atoms with Crippen LogP contribution in [0.25, 0.3) is 87.6 Å². The molecule has 0 unspecified atom stereocenters. The van der Waals surface area contributed by atoms with Gasteiger partial charge in [-0.3, -0.25) is 9.97 Å². The van der Waals surface area contributed by atoms with Crippen molar-refractivity contribution in [1.82, 2.24) is 9.97 Å². The third-order valence-corrected chi connectivity index (χ3v) is 10.5. The molecule has 0 spiro atoms. The van der Waals surface area contributed by atoms with Gasteiger partial charge in [0, 0.05) is 50.1 Å². The van der Waals surface area contributed by atoms with E-state index >= 15 is 0 Å². The van der Waals surface area contributed by atoms with Crippen molar-refractivity contribution < 1.29 is 18.9 Å². The monoisotopic (exact) mass is 732 g/mol. The summed E-state index contributed by atoms with van der Waals surface area (Å²) in [5, 5.41) is 9.08. The van der Waals surface area contributed by atoms with Gasteiger partial charge in [0.05, 0.1) is 13.2 Å². The highest BCUT2D eigenvalue weighted by molar-refractivity contribution is 6.26. The van der Waals surface area contributed by atoms with E-state index in [0.717, 1.165) is 87.6 Å². The number of aromatic nitrogens is 2. The van der Waals surface area contributed by atoms with Crippen LogP contribution in [-0.4, -0.2) is 50.6 Å². The van der Waals surface area contributed by atoms with Crippen molar-refractivity contribution in [3.63, 3.8) is 0 Å². The molecule has 0 N–H and O–H groups in total. The van der Waals surface area contributed by atoms with Gasteiger partial charge in [-0.05, 0) is 101 Å². The number of hydrogen-bond acceptors (Lipinski definition) is 6. The van der Waals surface area contributed by atoms with Crippen LogP contribution in [0.2, 0.25) is 0 Å². The van der Waals surface area contributed by atoms with Crippen LogP contribution in [0.3, 0.4) is 0 Å². The summed E-state index contributed by atoms with van der Waals surface area (Å²) < 4.78 is 23.9. The molecule has 6 nitrogen and oxygen atoms in total. The number of ether oxygens (including phenoxy) is 4. The predicted molar refractivity (Wildman–Crippen MR) is 229 cm³/mol. The molecule has 0 radical (unpaired) electrons. The molecule has 0 aliphatic rings. The van der Waals surface area contributed by atoms with Gasteiger partial charge in [-0.25, -0.2) is 0 Å². The van der Waals surface area contributed by atoms with Crippen LogP contribution < -0.4 is 9.47 Å². The number of hydrogen-bond donors (Lipinski definition) is 0. The standard InChI is InChI=1S/C50H40N2O4/c1-53-25-27-55-45-29-43(49-39-19-7-3-15-35(39)47(33-13-11-23-51-31-33)36-16-4-8-20-40(36)49)44(30-46(45)56-28-26-54-2)50-41-21-9-5-17-37(41)48(34-14-12-24-52-32-34)38-18-6-10-22-42(38)50/h3-24,29-32H,25-28H2,1-2H3. The molecule has 0 atom stereocenters. The molecule has 0 bridgehead atoms. The van der Waals surface area contributed by atoms with Gasteiger partial charge in [0.25, 0.3) is 0 Å². The Morgan fingerprint density at radius 2 is 0.696 bits per heavy atom. The van der Waals surface area contributed by atoms with Crippen molar-refractivity contribution in [2.45, 2.75) is 0 Å². The third kappa shape index (κ3) is 6.29. The van der Waals surface area contributed by atoms with E-state index in [1.54, 1.807) is 14.2 Å². The van der Waals surface area contributed by atoms with Gasteiger partial charge >= 0.3 is 0 Å². The molecule has 0 saturated heterocycles. The summed E-state index contributed by atoms with van der Waals surface area (Å²) >= 11 is 0. The van der Waals surface area contributed by atoms with Gasteiger partial charge in [-0.2, -0.15) is 0 Å². The van der Waals surface area contributed by atoms with Crippen LogP contribution in [0.5, 0.6) is 11.5 Å². The van der Waals surface area contributed by atoms with Crippen LogP contribution in [0.1, 0.15) is 0 Å². The molecular formula is C50H40N2O4. The molecule has 0 saturated carbocycles. The van der Waals surface area contributed by atoms with Crippen molar-refractivity contribution in [3.05, 3.63) is 158 Å². The van der Waals surface area contributed by atoms with Crippen molar-refractivity contribution in [1.29, 1.82) is 0 Å². The minimum atomic E-state index is 0.364. The average molecular weight is 733 g/mol. The molecule has 9 rings (SSSR count). The van der Waals surface area contributed by atoms with Crippen LogP contribution >= 0.6 is 0 Å². The molecule has 0 aliphatic carbocycles. The van der Waals surface area contributed by atoms with E-state index in [4.69, 9.17) is 18.9 Å². The lowest BCUT2D eigenvalue weighted by Crippen LogP contribution is -2.09. The lowest BCUT2D eigenvalue weighted by atomic mass is 9.81. The molecular weight excluding hydrogens is 693 g/mol. The molecule has 9 aromatic rings. The highest BCUT2D eigenvalue weighted by Gasteiger charge is 2.25. The zero-order valence-electron chi connectivity index (χ0n) is 31.4. The second kappa shape index (κ2) is 15.6. The lowest BCUT2D eigenvalue weighted by Gasteiger charge is -2.24. The first kappa shape index (κ1) is 35.1. The highest BCUT2D eigenvalue weighted by atomic mass is 16.5. The molecule has 0 amide bonds. The van der Waals surface area contributed by atoms with E-state index in [9.17, 15) is 0 Å². The van der Waals surface area contributed by atoms with Gasteiger partial charge in [0.2, 0.25) is 0 Å². The maximum absolute atomic E-state index is 6.52. The largest absolute Gasteiger partial charge is 0.487 e. The Morgan fingerprint density at radius 1 is 0.375 bits per heavy atom. The maximum atomic E-state index is 6.52. The zero-order valence-corrected chi connectivity index (χ0v) is 31.4. The summed E-state index contributed by atoms with van der Waals surface area (Å²) in [4.78, 5) is 9.06. The number of pyridine rings is 2. The van der Waals surface area contributed by atoms with Gasteiger partial charge in [0.1, 0.15) is 13.2 Å². The molecule has 2 heterocycles. The van der Waals surface area contributed by atoms with Crippen LogP contribution in [-0.2, 0) is 9.47 Å². The Kier molecular flexibility index (Phi) is 9.81. The summed E-state index contributed by atoms with van der Waals surface area (Å²) in [5.74, 6) is 1.28. The van der Waals surface area contributed by atoms with Crippen LogP contribution in [0.4, 0.5) is 0 Å². The molecule has 0 fully saturated rings. The summed E-state index contributed by atoms with van der Waals surface area (Å²) in [7, 11) is 3.36. The molecule has 56 heavy (non-hydrogen) atoms. The minimum absolute atomic E-state index is 0.364. The summed E-state index contributed by atoms with van der Waals surface area (Å²) in [6, 6.07) is 47.4. The van der Waals surface area contributed by atoms with Crippen molar-refractivity contribution >= 4 is 43.1 Å². The molecule has 0 aliphatic heterocycles. The Hall–Kier alpha value is -6.60. The highest BCUT2D eigenvalue weighted by Crippen LogP contribution is 2.52. The number of nitrogens with zero attached hydrogens (tertiary/aromatic N) is 2. The zero-order chi connectivity index (χ0) is 37.8. The first-order valence-electron chi connectivity index (χ1n) is 18.9. The van der Waals surface area contributed by atoms with Gasteiger partial charge < -0.3 is 18.9 Å². The number of fused-ring (bicyclic) bond motifs is 4. The fourth-order valence-electron chi connectivity index (χ4n) is 8.15. The first-order chi connectivity index (χ1) is 27.8. The molecule has 2 aromatic heterocycles. The second-order valence-corrected chi connectivity index (χ2v) is 13.7. The molecule has 6 heteroatoms. The SMILES string of the molecule is COCCOc1cc(-c2c3ccccc3c(-c3cccnc3)c3ccccc23)c(-c2c3ccccc3c(-c3cccnc3)c3ccccc23)cc1OCCOC. The van der Waals surface area contributed by atoms with E-state index in [1.807, 2.05) is 36.9 Å². The second-order valence-electron chi connectivity index (χ2n) is 13.7. The number of methoxy groups -OCH3 is 2. The lowest BCUT2D eigenvalue weighted by molar-refractivity contribution is 0.132. The van der Waals surface area contributed by atoms with E-state index in [-0.39, 0.29) is 0 Å². The summed E-state index contributed by atoms with van der Waals surface area (Å²) in [6.07, 6.45) is 7.55. The minimum Gasteiger partial charge on any atom is -0.487 e. The predicted octanol–water partition coefficient (Wildman–Crippen LogP) is 11.8. The Bertz CT molecular complexity index is 2530. The average Bonchev–Trinajstić information content (AvgIpc) is 3.25. The third-order valence-electron chi connectivity index (χ3n) is 10.5. The van der Waals surface area contributed by atoms with E-state index in [0.29, 0.717) is 37.9 Å². The summed E-state index contributed by atoms with van der Waals surface area (Å²) in [6.45, 7) is 1.60. The first-order valence-corrected chi connectivity index (χ1v) is 18.9. The van der Waals surface area contributed by atoms with Gasteiger partial charge in [-0.15, -0.1) is 0 Å². The Labute approximate surface area is 325 Å². The molecule has 7 aromatic carbocycles. The topological polar surface area (TPSA) is 62.7 Å². The quantitative estimate of drug-likeness (QED) is 0.0920. The molecule has 274 valence electrons. The van der Waals surface area contributed by atoms with Crippen LogP contribution in [0.15, 0.2) is 158 Å². The smallest absolute Gasteiger partial charge is 0.161 e. The van der Waals surface area contributed by atoms with E-state index in [1.165, 1.54) is 0 Å². The van der Waals surface area contributed by atoms with Crippen molar-refractivity contribution in [2.24, 2.45) is 0 Å². The van der Waals surface area contributed by atoms with E-state index < -0.39 is 0 Å². The fourth-order valence-corrected chi connectivity index (χ4v) is 8.15. The van der Waals surface area contributed by atoms with Crippen molar-refractivity contribution in [2.75, 3.05) is 40.6 Å². The Balaban J connectivity index is 1.45. The summed E-state index contributed by atoms with van der Waals surface area (Å²) in [5.41, 5.74) is 8.74. The van der Waals surface area contributed by atoms with Crippen molar-refractivity contribution in [3.8, 4) is 56.0 Å². The van der Waals surface area contributed by atoms with Gasteiger partial charge in [0.15, 0.2) is 11.5 Å².